The van der Waals surface area contributed by atoms with Gasteiger partial charge < -0.3 is 15.6 Å². The van der Waals surface area contributed by atoms with Crippen molar-refractivity contribution in [2.75, 3.05) is 18.4 Å². The number of rotatable bonds is 10. The number of nitrogens with two attached hydrogens (primary N) is 1. The molecule has 3 heterocycles. The van der Waals surface area contributed by atoms with Gasteiger partial charge in [0, 0.05) is 30.4 Å². The van der Waals surface area contributed by atoms with E-state index in [2.05, 4.69) is 26.3 Å². The summed E-state index contributed by atoms with van der Waals surface area (Å²) in [7, 11) is 0. The SMILES string of the molecule is CCc1ccnc(NC(=O)c2ccc(-c3ncn(C4CCCCN4CC(C#N)CC4CC4)c3C(N)=O)cc2)c1. The van der Waals surface area contributed by atoms with E-state index >= 15 is 0 Å². The molecule has 0 radical (unpaired) electrons. The topological polar surface area (TPSA) is 130 Å². The lowest BCUT2D eigenvalue weighted by Crippen LogP contribution is -2.40. The highest BCUT2D eigenvalue weighted by Gasteiger charge is 2.32. The van der Waals surface area contributed by atoms with Gasteiger partial charge >= 0.3 is 0 Å². The van der Waals surface area contributed by atoms with Crippen LogP contribution >= 0.6 is 0 Å². The monoisotopic (exact) mass is 525 g/mol. The third-order valence-corrected chi connectivity index (χ3v) is 7.77. The number of nitriles is 1. The van der Waals surface area contributed by atoms with E-state index in [0.717, 1.165) is 44.2 Å². The Morgan fingerprint density at radius 1 is 1.15 bits per heavy atom. The summed E-state index contributed by atoms with van der Waals surface area (Å²) < 4.78 is 1.88. The molecule has 1 aromatic carbocycles. The number of aryl methyl sites for hydroxylation is 1. The average molecular weight is 526 g/mol. The van der Waals surface area contributed by atoms with Gasteiger partial charge in [-0.3, -0.25) is 14.5 Å². The Balaban J connectivity index is 1.35. The second-order valence-electron chi connectivity index (χ2n) is 10.6. The highest BCUT2D eigenvalue weighted by atomic mass is 16.2. The first-order valence-corrected chi connectivity index (χ1v) is 13.8. The Morgan fingerprint density at radius 3 is 2.64 bits per heavy atom. The molecule has 2 aliphatic rings. The molecule has 202 valence electrons. The van der Waals surface area contributed by atoms with Crippen molar-refractivity contribution in [3.05, 3.63) is 65.7 Å². The Hall–Kier alpha value is -4.03. The summed E-state index contributed by atoms with van der Waals surface area (Å²) in [4.78, 5) is 36.6. The minimum absolute atomic E-state index is 0.0172. The van der Waals surface area contributed by atoms with Crippen LogP contribution in [0.3, 0.4) is 0 Å². The van der Waals surface area contributed by atoms with E-state index in [-0.39, 0.29) is 18.0 Å². The molecule has 2 fully saturated rings. The van der Waals surface area contributed by atoms with Crippen LogP contribution in [-0.4, -0.2) is 44.3 Å². The van der Waals surface area contributed by atoms with Crippen LogP contribution in [0.1, 0.15) is 78.0 Å². The van der Waals surface area contributed by atoms with Crippen molar-refractivity contribution in [1.82, 2.24) is 19.4 Å². The van der Waals surface area contributed by atoms with Crippen molar-refractivity contribution in [1.29, 1.82) is 5.26 Å². The zero-order valence-electron chi connectivity index (χ0n) is 22.3. The van der Waals surface area contributed by atoms with Crippen LogP contribution in [0.25, 0.3) is 11.3 Å². The number of amides is 2. The minimum atomic E-state index is -0.550. The number of piperidine rings is 1. The molecule has 2 atom stereocenters. The van der Waals surface area contributed by atoms with Crippen molar-refractivity contribution in [3.8, 4) is 17.3 Å². The molecule has 1 saturated carbocycles. The summed E-state index contributed by atoms with van der Waals surface area (Å²) in [5, 5.41) is 12.6. The number of primary amides is 1. The molecule has 1 aliphatic heterocycles. The van der Waals surface area contributed by atoms with E-state index in [0.29, 0.717) is 40.8 Å². The van der Waals surface area contributed by atoms with Crippen LogP contribution in [0, 0.1) is 23.2 Å². The molecule has 2 amide bonds. The van der Waals surface area contributed by atoms with Gasteiger partial charge in [0.15, 0.2) is 0 Å². The maximum atomic E-state index is 12.8. The number of nitrogens with zero attached hydrogens (tertiary/aromatic N) is 5. The van der Waals surface area contributed by atoms with Crippen molar-refractivity contribution in [3.63, 3.8) is 0 Å². The molecule has 2 aromatic heterocycles. The molecule has 1 saturated heterocycles. The van der Waals surface area contributed by atoms with Gasteiger partial charge in [0.05, 0.1) is 24.5 Å². The van der Waals surface area contributed by atoms with E-state index in [1.165, 1.54) is 12.8 Å². The van der Waals surface area contributed by atoms with Gasteiger partial charge in [0.2, 0.25) is 0 Å². The zero-order valence-corrected chi connectivity index (χ0v) is 22.3. The molecular formula is C30H35N7O2. The number of nitrogens with one attached hydrogen (secondary N) is 1. The molecule has 9 heteroatoms. The van der Waals surface area contributed by atoms with Crippen LogP contribution in [0.5, 0.6) is 0 Å². The number of aromatic nitrogens is 3. The van der Waals surface area contributed by atoms with E-state index < -0.39 is 5.91 Å². The first-order valence-electron chi connectivity index (χ1n) is 13.8. The minimum Gasteiger partial charge on any atom is -0.364 e. The van der Waals surface area contributed by atoms with Gasteiger partial charge in [-0.05, 0) is 67.9 Å². The van der Waals surface area contributed by atoms with Gasteiger partial charge in [-0.2, -0.15) is 5.26 Å². The highest BCUT2D eigenvalue weighted by molar-refractivity contribution is 6.04. The predicted octanol–water partition coefficient (Wildman–Crippen LogP) is 4.78. The first kappa shape index (κ1) is 26.6. The fourth-order valence-electron chi connectivity index (χ4n) is 5.48. The number of anilines is 1. The second-order valence-corrected chi connectivity index (χ2v) is 10.6. The lowest BCUT2D eigenvalue weighted by molar-refractivity contribution is 0.0773. The molecule has 9 nitrogen and oxygen atoms in total. The van der Waals surface area contributed by atoms with Gasteiger partial charge in [-0.1, -0.05) is 31.9 Å². The molecule has 0 spiro atoms. The van der Waals surface area contributed by atoms with Gasteiger partial charge in [0.25, 0.3) is 11.8 Å². The molecule has 39 heavy (non-hydrogen) atoms. The van der Waals surface area contributed by atoms with Crippen LogP contribution in [0.4, 0.5) is 5.82 Å². The Morgan fingerprint density at radius 2 is 1.95 bits per heavy atom. The van der Waals surface area contributed by atoms with E-state index in [1.807, 2.05) is 23.6 Å². The number of likely N-dealkylation sites (tertiary alicyclic amines) is 1. The maximum absolute atomic E-state index is 12.8. The van der Waals surface area contributed by atoms with Gasteiger partial charge in [-0.25, -0.2) is 9.97 Å². The number of hydrogen-bond donors (Lipinski definition) is 2. The van der Waals surface area contributed by atoms with E-state index in [1.54, 1.807) is 36.8 Å². The molecule has 3 aromatic rings. The van der Waals surface area contributed by atoms with Crippen LogP contribution in [-0.2, 0) is 6.42 Å². The Kier molecular flexibility index (Phi) is 8.03. The van der Waals surface area contributed by atoms with E-state index in [9.17, 15) is 14.9 Å². The number of hydrogen-bond acceptors (Lipinski definition) is 6. The number of carbonyl (C=O) groups excluding carboxylic acids is 2. The summed E-state index contributed by atoms with van der Waals surface area (Å²) in [6, 6.07) is 13.3. The molecule has 0 bridgehead atoms. The fraction of sp³-hybridized carbons (Fsp3) is 0.433. The quantitative estimate of drug-likeness (QED) is 0.392. The maximum Gasteiger partial charge on any atom is 0.267 e. The molecular weight excluding hydrogens is 490 g/mol. The number of imidazole rings is 1. The third-order valence-electron chi connectivity index (χ3n) is 7.77. The van der Waals surface area contributed by atoms with Crippen molar-refractivity contribution >= 4 is 17.6 Å². The van der Waals surface area contributed by atoms with Crippen LogP contribution < -0.4 is 11.1 Å². The highest BCUT2D eigenvalue weighted by Crippen LogP contribution is 2.37. The Bertz CT molecular complexity index is 1370. The largest absolute Gasteiger partial charge is 0.364 e. The predicted molar refractivity (Wildman–Crippen MR) is 149 cm³/mol. The number of benzene rings is 1. The summed E-state index contributed by atoms with van der Waals surface area (Å²) in [5.41, 5.74) is 9.00. The van der Waals surface area contributed by atoms with Crippen molar-refractivity contribution < 1.29 is 9.59 Å². The number of carbonyl (C=O) groups is 2. The molecule has 3 N–H and O–H groups in total. The first-order chi connectivity index (χ1) is 19.0. The second kappa shape index (κ2) is 11.8. The fourth-order valence-corrected chi connectivity index (χ4v) is 5.48. The summed E-state index contributed by atoms with van der Waals surface area (Å²) in [6.45, 7) is 3.60. The molecule has 5 rings (SSSR count). The summed E-state index contributed by atoms with van der Waals surface area (Å²) in [5.74, 6) is 0.356. The lowest BCUT2D eigenvalue weighted by atomic mass is 10.00. The van der Waals surface area contributed by atoms with E-state index in [4.69, 9.17) is 5.73 Å². The van der Waals surface area contributed by atoms with Crippen LogP contribution in [0.2, 0.25) is 0 Å². The molecule has 2 unspecified atom stereocenters. The van der Waals surface area contributed by atoms with Crippen molar-refractivity contribution in [2.45, 2.75) is 58.0 Å². The third kappa shape index (κ3) is 6.18. The summed E-state index contributed by atoms with van der Waals surface area (Å²) in [6.07, 6.45) is 10.5. The lowest BCUT2D eigenvalue weighted by Gasteiger charge is -2.38. The van der Waals surface area contributed by atoms with Gasteiger partial charge in [0.1, 0.15) is 17.2 Å². The summed E-state index contributed by atoms with van der Waals surface area (Å²) >= 11 is 0. The van der Waals surface area contributed by atoms with Crippen LogP contribution in [0.15, 0.2) is 48.9 Å². The number of pyridine rings is 1. The van der Waals surface area contributed by atoms with Gasteiger partial charge in [-0.15, -0.1) is 0 Å². The zero-order chi connectivity index (χ0) is 27.4. The smallest absolute Gasteiger partial charge is 0.267 e. The molecule has 1 aliphatic carbocycles. The van der Waals surface area contributed by atoms with Crippen molar-refractivity contribution in [2.24, 2.45) is 17.6 Å². The average Bonchev–Trinajstić information content (AvgIpc) is 3.66. The standard InChI is InChI=1S/C30H35N7O2/c1-2-20-12-13-33-25(16-20)35-30(39)24-10-8-23(9-11-24)27-28(29(32)38)37(19-34-27)26-5-3-4-14-36(26)18-22(17-31)15-21-6-7-21/h8-13,16,19,21-22,26H,2-7,14-15,18H2,1H3,(H2,32,38)(H,33,35,39). The normalized spacial score (nSPS) is 18.3. The Labute approximate surface area is 229 Å².